The number of rotatable bonds is 6. The fraction of sp³-hybridized carbons (Fsp3) is 0.600. The minimum absolute atomic E-state index is 0.272. The number of hydrogen-bond donors (Lipinski definition) is 0. The lowest BCUT2D eigenvalue weighted by Gasteiger charge is -2.31. The summed E-state index contributed by atoms with van der Waals surface area (Å²) >= 11 is 0. The van der Waals surface area contributed by atoms with Crippen LogP contribution in [0.15, 0.2) is 29.2 Å². The second-order valence-corrected chi connectivity index (χ2v) is 7.17. The maximum atomic E-state index is 12.7. The summed E-state index contributed by atoms with van der Waals surface area (Å²) in [4.78, 5) is 0.298. The van der Waals surface area contributed by atoms with Crippen molar-refractivity contribution in [2.45, 2.75) is 24.7 Å². The summed E-state index contributed by atoms with van der Waals surface area (Å²) < 4.78 is 37.6. The average Bonchev–Trinajstić information content (AvgIpc) is 2.48. The zero-order valence-corrected chi connectivity index (χ0v) is 13.4. The monoisotopic (exact) mass is 313 g/mol. The molecule has 1 heterocycles. The lowest BCUT2D eigenvalue weighted by molar-refractivity contribution is 0.118. The first-order valence-electron chi connectivity index (χ1n) is 7.30. The molecule has 0 amide bonds. The first-order valence-corrected chi connectivity index (χ1v) is 8.74. The molecule has 6 heteroatoms. The van der Waals surface area contributed by atoms with Gasteiger partial charge in [-0.2, -0.15) is 4.31 Å². The Balaban J connectivity index is 2.18. The van der Waals surface area contributed by atoms with Gasteiger partial charge < -0.3 is 9.47 Å². The summed E-state index contributed by atoms with van der Waals surface area (Å²) in [6.07, 6.45) is 1.89. The van der Waals surface area contributed by atoms with E-state index in [2.05, 4.69) is 0 Å². The zero-order valence-electron chi connectivity index (χ0n) is 12.6. The van der Waals surface area contributed by atoms with Gasteiger partial charge in [0.15, 0.2) is 0 Å². The molecule has 1 aromatic carbocycles. The molecule has 5 nitrogen and oxygen atoms in total. The number of methoxy groups -OCH3 is 1. The molecule has 0 saturated carbocycles. The van der Waals surface area contributed by atoms with Gasteiger partial charge in [-0.15, -0.1) is 0 Å². The molecule has 1 atom stereocenters. The van der Waals surface area contributed by atoms with Crippen LogP contribution in [-0.2, 0) is 14.8 Å². The standard InChI is InChI=1S/C15H23NO4S/c1-3-20-14-7-4-8-15(10-14)21(17,18)16-9-5-6-13(11-16)12-19-2/h4,7-8,10,13H,3,5-6,9,11-12H2,1-2H3. The van der Waals surface area contributed by atoms with E-state index in [9.17, 15) is 8.42 Å². The third-order valence-electron chi connectivity index (χ3n) is 3.64. The Morgan fingerprint density at radius 3 is 2.90 bits per heavy atom. The second-order valence-electron chi connectivity index (χ2n) is 5.23. The quantitative estimate of drug-likeness (QED) is 0.807. The molecule has 1 aromatic rings. The number of piperidine rings is 1. The van der Waals surface area contributed by atoms with Crippen molar-refractivity contribution in [1.29, 1.82) is 0 Å². The highest BCUT2D eigenvalue weighted by Crippen LogP contribution is 2.26. The molecule has 2 rings (SSSR count). The van der Waals surface area contributed by atoms with E-state index < -0.39 is 10.0 Å². The number of sulfonamides is 1. The van der Waals surface area contributed by atoms with Gasteiger partial charge in [0.2, 0.25) is 10.0 Å². The van der Waals surface area contributed by atoms with Crippen molar-refractivity contribution in [2.24, 2.45) is 5.92 Å². The normalized spacial score (nSPS) is 20.4. The first-order chi connectivity index (χ1) is 10.1. The predicted molar refractivity (Wildman–Crippen MR) is 81.0 cm³/mol. The SMILES string of the molecule is CCOc1cccc(S(=O)(=O)N2CCCC(COC)C2)c1. The molecule has 21 heavy (non-hydrogen) atoms. The van der Waals surface area contributed by atoms with E-state index in [1.165, 1.54) is 0 Å². The van der Waals surface area contributed by atoms with Crippen LogP contribution in [0.25, 0.3) is 0 Å². The Labute approximate surface area is 126 Å². The van der Waals surface area contributed by atoms with Gasteiger partial charge in [-0.1, -0.05) is 6.07 Å². The molecule has 0 bridgehead atoms. The van der Waals surface area contributed by atoms with Crippen molar-refractivity contribution in [2.75, 3.05) is 33.4 Å². The molecule has 0 aromatic heterocycles. The Hall–Kier alpha value is -1.11. The van der Waals surface area contributed by atoms with E-state index in [4.69, 9.17) is 9.47 Å². The molecule has 1 aliphatic heterocycles. The van der Waals surface area contributed by atoms with Gasteiger partial charge >= 0.3 is 0 Å². The van der Waals surface area contributed by atoms with Gasteiger partial charge in [0.25, 0.3) is 0 Å². The van der Waals surface area contributed by atoms with Crippen molar-refractivity contribution in [3.05, 3.63) is 24.3 Å². The Morgan fingerprint density at radius 1 is 1.38 bits per heavy atom. The van der Waals surface area contributed by atoms with Gasteiger partial charge in [0.05, 0.1) is 18.1 Å². The summed E-state index contributed by atoms with van der Waals surface area (Å²) in [5.74, 6) is 0.859. The van der Waals surface area contributed by atoms with Gasteiger partial charge in [0.1, 0.15) is 5.75 Å². The third kappa shape index (κ3) is 3.96. The van der Waals surface area contributed by atoms with Crippen LogP contribution >= 0.6 is 0 Å². The first kappa shape index (κ1) is 16.3. The molecule has 1 fully saturated rings. The van der Waals surface area contributed by atoms with Crippen molar-refractivity contribution < 1.29 is 17.9 Å². The van der Waals surface area contributed by atoms with Crippen LogP contribution in [0.2, 0.25) is 0 Å². The molecular weight excluding hydrogens is 290 g/mol. The smallest absolute Gasteiger partial charge is 0.243 e. The van der Waals surface area contributed by atoms with Crippen LogP contribution in [0.5, 0.6) is 5.75 Å². The van der Waals surface area contributed by atoms with Crippen LogP contribution in [0.4, 0.5) is 0 Å². The number of hydrogen-bond acceptors (Lipinski definition) is 4. The van der Waals surface area contributed by atoms with Gasteiger partial charge in [-0.25, -0.2) is 8.42 Å². The summed E-state index contributed by atoms with van der Waals surface area (Å²) in [6, 6.07) is 6.71. The number of nitrogens with zero attached hydrogens (tertiary/aromatic N) is 1. The highest BCUT2D eigenvalue weighted by molar-refractivity contribution is 7.89. The molecule has 0 N–H and O–H groups in total. The van der Waals surface area contributed by atoms with E-state index in [-0.39, 0.29) is 5.92 Å². The van der Waals surface area contributed by atoms with Crippen molar-refractivity contribution in [3.63, 3.8) is 0 Å². The van der Waals surface area contributed by atoms with Gasteiger partial charge in [-0.3, -0.25) is 0 Å². The summed E-state index contributed by atoms with van der Waals surface area (Å²) in [7, 11) is -1.80. The topological polar surface area (TPSA) is 55.8 Å². The van der Waals surface area contributed by atoms with E-state index in [1.54, 1.807) is 35.7 Å². The summed E-state index contributed by atoms with van der Waals surface area (Å²) in [5, 5.41) is 0. The largest absolute Gasteiger partial charge is 0.494 e. The molecule has 1 saturated heterocycles. The van der Waals surface area contributed by atoms with Crippen molar-refractivity contribution in [3.8, 4) is 5.75 Å². The molecule has 1 aliphatic rings. The van der Waals surface area contributed by atoms with Gasteiger partial charge in [-0.05, 0) is 37.8 Å². The Morgan fingerprint density at radius 2 is 2.19 bits per heavy atom. The highest BCUT2D eigenvalue weighted by Gasteiger charge is 2.30. The fourth-order valence-corrected chi connectivity index (χ4v) is 4.25. The molecule has 0 aliphatic carbocycles. The van der Waals surface area contributed by atoms with Gasteiger partial charge in [0, 0.05) is 26.3 Å². The zero-order chi connectivity index (χ0) is 15.3. The molecule has 118 valence electrons. The highest BCUT2D eigenvalue weighted by atomic mass is 32.2. The average molecular weight is 313 g/mol. The lowest BCUT2D eigenvalue weighted by Crippen LogP contribution is -2.41. The molecular formula is C15H23NO4S. The number of ether oxygens (including phenoxy) is 2. The van der Waals surface area contributed by atoms with Crippen LogP contribution in [0.1, 0.15) is 19.8 Å². The maximum absolute atomic E-state index is 12.7. The van der Waals surface area contributed by atoms with Crippen LogP contribution in [-0.4, -0.2) is 46.1 Å². The lowest BCUT2D eigenvalue weighted by atomic mass is 10.0. The fourth-order valence-electron chi connectivity index (χ4n) is 2.66. The Bertz CT molecular complexity index is 557. The molecule has 0 radical (unpaired) electrons. The minimum Gasteiger partial charge on any atom is -0.494 e. The number of benzene rings is 1. The van der Waals surface area contributed by atoms with Crippen LogP contribution < -0.4 is 4.74 Å². The van der Waals surface area contributed by atoms with E-state index >= 15 is 0 Å². The second kappa shape index (κ2) is 7.24. The van der Waals surface area contributed by atoms with Crippen molar-refractivity contribution >= 4 is 10.0 Å². The van der Waals surface area contributed by atoms with E-state index in [1.807, 2.05) is 6.92 Å². The Kier molecular flexibility index (Phi) is 5.61. The predicted octanol–water partition coefficient (Wildman–Crippen LogP) is 2.13. The van der Waals surface area contributed by atoms with E-state index in [0.29, 0.717) is 36.9 Å². The van der Waals surface area contributed by atoms with Crippen LogP contribution in [0.3, 0.4) is 0 Å². The summed E-state index contributed by atoms with van der Waals surface area (Å²) in [6.45, 7) is 4.09. The summed E-state index contributed by atoms with van der Waals surface area (Å²) in [5.41, 5.74) is 0. The third-order valence-corrected chi connectivity index (χ3v) is 5.50. The molecule has 1 unspecified atom stereocenters. The van der Waals surface area contributed by atoms with Crippen LogP contribution in [0, 0.1) is 5.92 Å². The van der Waals surface area contributed by atoms with Crippen molar-refractivity contribution in [1.82, 2.24) is 4.31 Å². The van der Waals surface area contributed by atoms with E-state index in [0.717, 1.165) is 12.8 Å². The minimum atomic E-state index is -3.46. The molecule has 0 spiro atoms. The maximum Gasteiger partial charge on any atom is 0.243 e.